The van der Waals surface area contributed by atoms with Crippen LogP contribution in [0.25, 0.3) is 0 Å². The van der Waals surface area contributed by atoms with Crippen LogP contribution in [0.3, 0.4) is 0 Å². The fourth-order valence-corrected chi connectivity index (χ4v) is 3.92. The van der Waals surface area contributed by atoms with E-state index < -0.39 is 11.8 Å². The highest BCUT2D eigenvalue weighted by Gasteiger charge is 2.32. The van der Waals surface area contributed by atoms with Crippen LogP contribution < -0.4 is 15.4 Å². The first kappa shape index (κ1) is 21.6. The van der Waals surface area contributed by atoms with Gasteiger partial charge >= 0.3 is 6.03 Å². The number of aryl methyl sites for hydroxylation is 1. The van der Waals surface area contributed by atoms with Gasteiger partial charge < -0.3 is 15.0 Å². The van der Waals surface area contributed by atoms with Gasteiger partial charge in [-0.25, -0.2) is 9.18 Å². The number of urea groups is 1. The van der Waals surface area contributed by atoms with E-state index in [9.17, 15) is 9.18 Å². The van der Waals surface area contributed by atoms with Crippen LogP contribution in [-0.4, -0.2) is 45.9 Å². The molecule has 1 aliphatic carbocycles. The van der Waals surface area contributed by atoms with Crippen molar-refractivity contribution in [3.63, 3.8) is 0 Å². The van der Waals surface area contributed by atoms with Gasteiger partial charge in [0.25, 0.3) is 0 Å². The lowest BCUT2D eigenvalue weighted by Crippen LogP contribution is -2.39. The lowest BCUT2D eigenvalue weighted by Gasteiger charge is -2.32. The molecule has 0 bridgehead atoms. The Labute approximate surface area is 182 Å². The van der Waals surface area contributed by atoms with Crippen LogP contribution in [0.1, 0.15) is 52.1 Å². The Balaban J connectivity index is 1.36. The van der Waals surface area contributed by atoms with Gasteiger partial charge in [-0.05, 0) is 31.7 Å². The number of nitrogens with one attached hydrogen (secondary N) is 2. The minimum atomic E-state index is -0.460. The molecule has 7 nitrogen and oxygen atoms in total. The van der Waals surface area contributed by atoms with E-state index in [0.29, 0.717) is 17.3 Å². The Bertz CT molecular complexity index is 940. The topological polar surface area (TPSA) is 71.4 Å². The fourth-order valence-electron chi connectivity index (χ4n) is 3.92. The Morgan fingerprint density at radius 2 is 1.81 bits per heavy atom. The van der Waals surface area contributed by atoms with Gasteiger partial charge in [0.1, 0.15) is 23.5 Å². The number of carbonyl (C=O) groups is 1. The first-order valence-electron chi connectivity index (χ1n) is 11.0. The first-order valence-corrected chi connectivity index (χ1v) is 11.0. The maximum atomic E-state index is 14.2. The van der Waals surface area contributed by atoms with Crippen molar-refractivity contribution in [1.82, 2.24) is 14.7 Å². The van der Waals surface area contributed by atoms with E-state index in [2.05, 4.69) is 41.4 Å². The van der Waals surface area contributed by atoms with E-state index in [4.69, 9.17) is 4.74 Å². The molecule has 0 radical (unpaired) electrons. The Morgan fingerprint density at radius 1 is 1.10 bits per heavy atom. The molecule has 0 spiro atoms. The normalized spacial score (nSPS) is 18.1. The SMILES string of the molecule is Cn1nc(C(C)(C)C)cc1NC(=O)Nc1cc(F)cc(OC2CCN(C3CC3)CC2)c1. The van der Waals surface area contributed by atoms with E-state index in [-0.39, 0.29) is 11.5 Å². The zero-order valence-electron chi connectivity index (χ0n) is 18.7. The van der Waals surface area contributed by atoms with Gasteiger partial charge in [0, 0.05) is 55.5 Å². The Morgan fingerprint density at radius 3 is 2.42 bits per heavy atom. The maximum Gasteiger partial charge on any atom is 0.324 e. The minimum absolute atomic E-state index is 0.0729. The molecule has 0 unspecified atom stereocenters. The number of anilines is 2. The van der Waals surface area contributed by atoms with Crippen molar-refractivity contribution in [3.8, 4) is 5.75 Å². The monoisotopic (exact) mass is 429 g/mol. The summed E-state index contributed by atoms with van der Waals surface area (Å²) in [5.74, 6) is 0.562. The van der Waals surface area contributed by atoms with Crippen LogP contribution in [0, 0.1) is 5.82 Å². The van der Waals surface area contributed by atoms with E-state index in [1.165, 1.54) is 25.0 Å². The van der Waals surface area contributed by atoms with Gasteiger partial charge in [0.15, 0.2) is 0 Å². The van der Waals surface area contributed by atoms with Crippen molar-refractivity contribution in [2.24, 2.45) is 7.05 Å². The Hall–Kier alpha value is -2.61. The predicted octanol–water partition coefficient (Wildman–Crippen LogP) is 4.51. The second-order valence-electron chi connectivity index (χ2n) is 9.63. The van der Waals surface area contributed by atoms with E-state index in [1.54, 1.807) is 17.8 Å². The minimum Gasteiger partial charge on any atom is -0.490 e. The summed E-state index contributed by atoms with van der Waals surface area (Å²) in [7, 11) is 1.77. The molecule has 1 aromatic carbocycles. The molecule has 2 aromatic rings. The molecule has 1 saturated heterocycles. The smallest absolute Gasteiger partial charge is 0.324 e. The van der Waals surface area contributed by atoms with Gasteiger partial charge in [-0.1, -0.05) is 20.8 Å². The van der Waals surface area contributed by atoms with Crippen molar-refractivity contribution in [3.05, 3.63) is 35.8 Å². The molecule has 2 N–H and O–H groups in total. The van der Waals surface area contributed by atoms with Crippen LogP contribution in [0.4, 0.5) is 20.7 Å². The summed E-state index contributed by atoms with van der Waals surface area (Å²) in [5, 5.41) is 9.92. The molecule has 4 rings (SSSR count). The third-order valence-electron chi connectivity index (χ3n) is 5.86. The maximum absolute atomic E-state index is 14.2. The number of carbonyl (C=O) groups excluding carboxylic acids is 1. The molecule has 0 atom stereocenters. The molecule has 1 aliphatic heterocycles. The number of benzene rings is 1. The number of aromatic nitrogens is 2. The largest absolute Gasteiger partial charge is 0.490 e. The van der Waals surface area contributed by atoms with Gasteiger partial charge in [0.05, 0.1) is 5.69 Å². The molecular weight excluding hydrogens is 397 g/mol. The molecule has 2 heterocycles. The zero-order valence-corrected chi connectivity index (χ0v) is 18.7. The molecule has 2 fully saturated rings. The van der Waals surface area contributed by atoms with Crippen molar-refractivity contribution < 1.29 is 13.9 Å². The second kappa shape index (κ2) is 8.49. The summed E-state index contributed by atoms with van der Waals surface area (Å²) in [6, 6.07) is 6.47. The van der Waals surface area contributed by atoms with Crippen LogP contribution in [0.5, 0.6) is 5.75 Å². The Kier molecular flexibility index (Phi) is 5.92. The lowest BCUT2D eigenvalue weighted by molar-refractivity contribution is 0.0963. The molecule has 2 aliphatic rings. The van der Waals surface area contributed by atoms with Crippen molar-refractivity contribution in [2.45, 2.75) is 64.0 Å². The van der Waals surface area contributed by atoms with Crippen molar-refractivity contribution in [2.75, 3.05) is 23.7 Å². The summed E-state index contributed by atoms with van der Waals surface area (Å²) in [4.78, 5) is 15.0. The zero-order chi connectivity index (χ0) is 22.2. The van der Waals surface area contributed by atoms with E-state index >= 15 is 0 Å². The summed E-state index contributed by atoms with van der Waals surface area (Å²) >= 11 is 0. The van der Waals surface area contributed by atoms with Crippen LogP contribution in [0.2, 0.25) is 0 Å². The summed E-state index contributed by atoms with van der Waals surface area (Å²) in [5.41, 5.74) is 1.10. The third kappa shape index (κ3) is 5.55. The number of nitrogens with zero attached hydrogens (tertiary/aromatic N) is 3. The van der Waals surface area contributed by atoms with Gasteiger partial charge in [-0.3, -0.25) is 10.00 Å². The molecule has 1 aromatic heterocycles. The predicted molar refractivity (Wildman–Crippen MR) is 119 cm³/mol. The number of rotatable bonds is 5. The number of hydrogen-bond donors (Lipinski definition) is 2. The highest BCUT2D eigenvalue weighted by atomic mass is 19.1. The quantitative estimate of drug-likeness (QED) is 0.734. The van der Waals surface area contributed by atoms with Gasteiger partial charge in [-0.15, -0.1) is 0 Å². The summed E-state index contributed by atoms with van der Waals surface area (Å²) in [6.45, 7) is 8.23. The fraction of sp³-hybridized carbons (Fsp3) is 0.565. The molecular formula is C23H32FN5O2. The number of piperidine rings is 1. The molecule has 168 valence electrons. The molecule has 2 amide bonds. The van der Waals surface area contributed by atoms with E-state index in [0.717, 1.165) is 37.7 Å². The van der Waals surface area contributed by atoms with Crippen LogP contribution >= 0.6 is 0 Å². The van der Waals surface area contributed by atoms with Crippen molar-refractivity contribution in [1.29, 1.82) is 0 Å². The molecule has 31 heavy (non-hydrogen) atoms. The average molecular weight is 430 g/mol. The second-order valence-corrected chi connectivity index (χ2v) is 9.63. The standard InChI is InChI=1S/C23H32FN5O2/c1-23(2,3)20-14-21(28(4)27-20)26-22(30)25-16-11-15(24)12-19(13-16)31-18-7-9-29(10-8-18)17-5-6-17/h11-14,17-18H,5-10H2,1-4H3,(H2,25,26,30). The molecule has 8 heteroatoms. The average Bonchev–Trinajstić information content (AvgIpc) is 3.45. The number of ether oxygens (including phenoxy) is 1. The third-order valence-corrected chi connectivity index (χ3v) is 5.86. The van der Waals surface area contributed by atoms with Crippen LogP contribution in [0.15, 0.2) is 24.3 Å². The number of halogens is 1. The van der Waals surface area contributed by atoms with E-state index in [1.807, 2.05) is 6.07 Å². The summed E-state index contributed by atoms with van der Waals surface area (Å²) < 4.78 is 21.8. The highest BCUT2D eigenvalue weighted by Crippen LogP contribution is 2.31. The number of hydrogen-bond acceptors (Lipinski definition) is 4. The molecule has 1 saturated carbocycles. The van der Waals surface area contributed by atoms with Gasteiger partial charge in [-0.2, -0.15) is 5.10 Å². The first-order chi connectivity index (χ1) is 14.7. The summed E-state index contributed by atoms with van der Waals surface area (Å²) in [6.07, 6.45) is 4.56. The van der Waals surface area contributed by atoms with Crippen LogP contribution in [-0.2, 0) is 12.5 Å². The van der Waals surface area contributed by atoms with Gasteiger partial charge in [0.2, 0.25) is 0 Å². The lowest BCUT2D eigenvalue weighted by atomic mass is 9.92. The number of amides is 2. The number of likely N-dealkylation sites (tertiary alicyclic amines) is 1. The highest BCUT2D eigenvalue weighted by molar-refractivity contribution is 5.99. The van der Waals surface area contributed by atoms with Crippen molar-refractivity contribution >= 4 is 17.5 Å².